The van der Waals surface area contributed by atoms with Crippen molar-refractivity contribution in [2.24, 2.45) is 0 Å². The molecule has 4 rings (SSSR count). The number of rotatable bonds is 4. The average Bonchev–Trinajstić information content (AvgIpc) is 2.69. The fourth-order valence-corrected chi connectivity index (χ4v) is 3.19. The van der Waals surface area contributed by atoms with Crippen molar-refractivity contribution in [3.05, 3.63) is 58.9 Å². The van der Waals surface area contributed by atoms with Crippen LogP contribution in [0.25, 0.3) is 10.9 Å². The van der Waals surface area contributed by atoms with Crippen molar-refractivity contribution >= 4 is 28.4 Å². The van der Waals surface area contributed by atoms with E-state index in [0.29, 0.717) is 6.04 Å². The highest BCUT2D eigenvalue weighted by molar-refractivity contribution is 5.82. The molecule has 0 aliphatic carbocycles. The summed E-state index contributed by atoms with van der Waals surface area (Å²) in [5.74, 6) is 1.57. The maximum absolute atomic E-state index is 10.9. The topological polar surface area (TPSA) is 97.1 Å². The smallest absolute Gasteiger partial charge is 0.270 e. The Balaban J connectivity index is 1.42. The fraction of sp³-hybridized carbons (Fsp3) is 0.278. The highest BCUT2D eigenvalue weighted by Crippen LogP contribution is 2.23. The highest BCUT2D eigenvalue weighted by atomic mass is 16.6. The predicted molar refractivity (Wildman–Crippen MR) is 99.3 cm³/mol. The molecule has 26 heavy (non-hydrogen) atoms. The molecular weight excluding hydrogens is 332 g/mol. The molecule has 1 fully saturated rings. The van der Waals surface area contributed by atoms with Gasteiger partial charge in [-0.15, -0.1) is 0 Å². The lowest BCUT2D eigenvalue weighted by Crippen LogP contribution is -2.40. The van der Waals surface area contributed by atoms with Gasteiger partial charge in [-0.3, -0.25) is 10.1 Å². The van der Waals surface area contributed by atoms with Gasteiger partial charge < -0.3 is 10.2 Å². The molecule has 132 valence electrons. The van der Waals surface area contributed by atoms with Crippen molar-refractivity contribution in [1.82, 2.24) is 15.0 Å². The third-order valence-electron chi connectivity index (χ3n) is 4.57. The first kappa shape index (κ1) is 16.2. The summed E-state index contributed by atoms with van der Waals surface area (Å²) in [5, 5.41) is 15.1. The van der Waals surface area contributed by atoms with Crippen LogP contribution in [0.15, 0.2) is 48.8 Å². The van der Waals surface area contributed by atoms with E-state index in [9.17, 15) is 10.1 Å². The van der Waals surface area contributed by atoms with E-state index in [1.54, 1.807) is 24.5 Å². The number of benzene rings is 1. The minimum absolute atomic E-state index is 0.0792. The molecular formula is C18H18N6O2. The second-order valence-corrected chi connectivity index (χ2v) is 6.29. The Hall–Kier alpha value is -3.29. The third-order valence-corrected chi connectivity index (χ3v) is 4.57. The summed E-state index contributed by atoms with van der Waals surface area (Å²) in [4.78, 5) is 25.8. The average molecular weight is 350 g/mol. The Morgan fingerprint density at radius 1 is 1.12 bits per heavy atom. The number of nitrogens with zero attached hydrogens (tertiary/aromatic N) is 5. The Labute approximate surface area is 150 Å². The molecule has 8 nitrogen and oxygen atoms in total. The van der Waals surface area contributed by atoms with Crippen LogP contribution in [0.2, 0.25) is 0 Å². The zero-order valence-corrected chi connectivity index (χ0v) is 14.1. The Morgan fingerprint density at radius 2 is 1.88 bits per heavy atom. The number of nitrogens with one attached hydrogen (secondary N) is 1. The van der Waals surface area contributed by atoms with Crippen molar-refractivity contribution in [2.75, 3.05) is 23.3 Å². The van der Waals surface area contributed by atoms with Gasteiger partial charge in [0.15, 0.2) is 0 Å². The number of anilines is 2. The van der Waals surface area contributed by atoms with Gasteiger partial charge in [0.1, 0.15) is 5.82 Å². The van der Waals surface area contributed by atoms with Crippen molar-refractivity contribution in [3.8, 4) is 0 Å². The van der Waals surface area contributed by atoms with Crippen LogP contribution in [-0.2, 0) is 0 Å². The van der Waals surface area contributed by atoms with E-state index in [0.717, 1.165) is 48.6 Å². The molecule has 3 aromatic rings. The first-order chi connectivity index (χ1) is 12.7. The molecule has 0 radical (unpaired) electrons. The zero-order chi connectivity index (χ0) is 17.9. The van der Waals surface area contributed by atoms with Gasteiger partial charge in [0, 0.05) is 49.0 Å². The van der Waals surface area contributed by atoms with Crippen LogP contribution in [0.5, 0.6) is 0 Å². The van der Waals surface area contributed by atoms with E-state index in [1.165, 1.54) is 6.07 Å². The number of non-ortho nitro benzene ring substituents is 1. The molecule has 2 aromatic heterocycles. The van der Waals surface area contributed by atoms with Gasteiger partial charge in [0.2, 0.25) is 5.95 Å². The summed E-state index contributed by atoms with van der Waals surface area (Å²) in [6, 6.07) is 10.6. The van der Waals surface area contributed by atoms with Gasteiger partial charge >= 0.3 is 0 Å². The lowest BCUT2D eigenvalue weighted by molar-refractivity contribution is -0.384. The molecule has 1 aliphatic rings. The predicted octanol–water partition coefficient (Wildman–Crippen LogP) is 3.01. The summed E-state index contributed by atoms with van der Waals surface area (Å²) in [5.41, 5.74) is 0.825. The SMILES string of the molecule is O=[N+]([O-])c1ccc2nc(NC3CCN(c4ncccn4)CC3)ccc2c1. The second kappa shape index (κ2) is 6.91. The molecule has 1 N–H and O–H groups in total. The molecule has 1 aromatic carbocycles. The van der Waals surface area contributed by atoms with Crippen molar-refractivity contribution < 1.29 is 4.92 Å². The van der Waals surface area contributed by atoms with E-state index < -0.39 is 4.92 Å². The summed E-state index contributed by atoms with van der Waals surface area (Å²) in [7, 11) is 0. The van der Waals surface area contributed by atoms with Gasteiger partial charge in [-0.2, -0.15) is 0 Å². The quantitative estimate of drug-likeness (QED) is 0.570. The van der Waals surface area contributed by atoms with Crippen LogP contribution in [0.1, 0.15) is 12.8 Å². The molecule has 1 aliphatic heterocycles. The van der Waals surface area contributed by atoms with E-state index in [-0.39, 0.29) is 5.69 Å². The number of nitro benzene ring substituents is 1. The van der Waals surface area contributed by atoms with Crippen LogP contribution in [-0.4, -0.2) is 39.0 Å². The lowest BCUT2D eigenvalue weighted by Gasteiger charge is -2.32. The standard InChI is InChI=1S/C18H18N6O2/c25-24(26)15-3-4-16-13(12-15)2-5-17(22-16)21-14-6-10-23(11-7-14)18-19-8-1-9-20-18/h1-5,8-9,12,14H,6-7,10-11H2,(H,21,22). The van der Waals surface area contributed by atoms with Gasteiger partial charge in [-0.1, -0.05) is 0 Å². The fourth-order valence-electron chi connectivity index (χ4n) is 3.19. The lowest BCUT2D eigenvalue weighted by atomic mass is 10.1. The molecule has 0 atom stereocenters. The maximum Gasteiger partial charge on any atom is 0.270 e. The van der Waals surface area contributed by atoms with Crippen molar-refractivity contribution in [2.45, 2.75) is 18.9 Å². The Morgan fingerprint density at radius 3 is 2.62 bits per heavy atom. The van der Waals surface area contributed by atoms with E-state index >= 15 is 0 Å². The number of hydrogen-bond donors (Lipinski definition) is 1. The molecule has 0 saturated carbocycles. The van der Waals surface area contributed by atoms with E-state index in [1.807, 2.05) is 18.2 Å². The number of piperidine rings is 1. The number of hydrogen-bond acceptors (Lipinski definition) is 7. The number of nitro groups is 1. The second-order valence-electron chi connectivity index (χ2n) is 6.29. The minimum Gasteiger partial charge on any atom is -0.367 e. The first-order valence-corrected chi connectivity index (χ1v) is 8.53. The van der Waals surface area contributed by atoms with Crippen LogP contribution in [0.3, 0.4) is 0 Å². The molecule has 0 spiro atoms. The number of pyridine rings is 1. The summed E-state index contributed by atoms with van der Waals surface area (Å²) in [6.45, 7) is 1.78. The largest absolute Gasteiger partial charge is 0.367 e. The number of aromatic nitrogens is 3. The number of fused-ring (bicyclic) bond motifs is 1. The summed E-state index contributed by atoms with van der Waals surface area (Å²) < 4.78 is 0. The van der Waals surface area contributed by atoms with Crippen LogP contribution in [0.4, 0.5) is 17.5 Å². The molecule has 1 saturated heterocycles. The first-order valence-electron chi connectivity index (χ1n) is 8.53. The summed E-state index contributed by atoms with van der Waals surface area (Å²) in [6.07, 6.45) is 5.46. The van der Waals surface area contributed by atoms with Crippen LogP contribution >= 0.6 is 0 Å². The molecule has 0 unspecified atom stereocenters. The van der Waals surface area contributed by atoms with E-state index in [2.05, 4.69) is 25.2 Å². The third kappa shape index (κ3) is 3.39. The Kier molecular flexibility index (Phi) is 4.30. The monoisotopic (exact) mass is 350 g/mol. The van der Waals surface area contributed by atoms with E-state index in [4.69, 9.17) is 0 Å². The Bertz CT molecular complexity index is 925. The normalized spacial score (nSPS) is 15.2. The molecule has 8 heteroatoms. The van der Waals surface area contributed by atoms with Crippen LogP contribution in [0, 0.1) is 10.1 Å². The highest BCUT2D eigenvalue weighted by Gasteiger charge is 2.21. The van der Waals surface area contributed by atoms with Crippen molar-refractivity contribution in [3.63, 3.8) is 0 Å². The maximum atomic E-state index is 10.9. The van der Waals surface area contributed by atoms with Gasteiger partial charge in [0.25, 0.3) is 5.69 Å². The van der Waals surface area contributed by atoms with Gasteiger partial charge in [0.05, 0.1) is 10.4 Å². The molecule has 0 bridgehead atoms. The van der Waals surface area contributed by atoms with Crippen molar-refractivity contribution in [1.29, 1.82) is 0 Å². The van der Waals surface area contributed by atoms with Crippen LogP contribution < -0.4 is 10.2 Å². The zero-order valence-electron chi connectivity index (χ0n) is 14.1. The molecule has 0 amide bonds. The van der Waals surface area contributed by atoms with Gasteiger partial charge in [-0.25, -0.2) is 15.0 Å². The molecule has 3 heterocycles. The summed E-state index contributed by atoms with van der Waals surface area (Å²) >= 11 is 0. The minimum atomic E-state index is -0.393. The van der Waals surface area contributed by atoms with Gasteiger partial charge in [-0.05, 0) is 37.1 Å².